The lowest BCUT2D eigenvalue weighted by molar-refractivity contribution is -0.113. The molecule has 1 amide bonds. The van der Waals surface area contributed by atoms with Crippen LogP contribution in [0.3, 0.4) is 0 Å². The lowest BCUT2D eigenvalue weighted by atomic mass is 10.1. The van der Waals surface area contributed by atoms with Crippen LogP contribution in [0.25, 0.3) is 11.4 Å². The number of thioether (sulfide) groups is 1. The van der Waals surface area contributed by atoms with Crippen molar-refractivity contribution in [2.45, 2.75) is 32.5 Å². The molecule has 0 saturated heterocycles. The van der Waals surface area contributed by atoms with Crippen molar-refractivity contribution in [1.82, 2.24) is 14.8 Å². The lowest BCUT2D eigenvalue weighted by Crippen LogP contribution is -2.15. The van der Waals surface area contributed by atoms with E-state index >= 15 is 0 Å². The summed E-state index contributed by atoms with van der Waals surface area (Å²) in [6.45, 7) is 7.29. The lowest BCUT2D eigenvalue weighted by Gasteiger charge is -2.10. The van der Waals surface area contributed by atoms with Crippen LogP contribution < -0.4 is 5.32 Å². The van der Waals surface area contributed by atoms with Gasteiger partial charge in [0.15, 0.2) is 11.0 Å². The van der Waals surface area contributed by atoms with E-state index in [1.807, 2.05) is 54.8 Å². The Bertz CT molecular complexity index is 1000. The SMILES string of the molecule is COCCn1c(SCC(=O)Nc2ccc(C)c(C)c2)nnc1-c1cccc(C)c1. The van der Waals surface area contributed by atoms with Crippen molar-refractivity contribution in [2.24, 2.45) is 0 Å². The Kier molecular flexibility index (Phi) is 7.06. The highest BCUT2D eigenvalue weighted by Gasteiger charge is 2.16. The number of rotatable bonds is 8. The maximum atomic E-state index is 12.4. The monoisotopic (exact) mass is 410 g/mol. The molecule has 3 aromatic rings. The van der Waals surface area contributed by atoms with Crippen LogP contribution in [0, 0.1) is 20.8 Å². The first kappa shape index (κ1) is 21.1. The minimum absolute atomic E-state index is 0.0725. The maximum absolute atomic E-state index is 12.4. The first-order valence-electron chi connectivity index (χ1n) is 9.47. The third-order valence-corrected chi connectivity index (χ3v) is 5.60. The van der Waals surface area contributed by atoms with Crippen LogP contribution in [0.5, 0.6) is 0 Å². The van der Waals surface area contributed by atoms with E-state index < -0.39 is 0 Å². The van der Waals surface area contributed by atoms with Crippen LogP contribution in [0.2, 0.25) is 0 Å². The highest BCUT2D eigenvalue weighted by Crippen LogP contribution is 2.25. The topological polar surface area (TPSA) is 69.0 Å². The number of benzene rings is 2. The Balaban J connectivity index is 1.72. The Morgan fingerprint density at radius 2 is 1.93 bits per heavy atom. The molecule has 2 aromatic carbocycles. The zero-order valence-electron chi connectivity index (χ0n) is 17.2. The number of carbonyl (C=O) groups excluding carboxylic acids is 1. The summed E-state index contributed by atoms with van der Waals surface area (Å²) in [4.78, 5) is 12.4. The van der Waals surface area contributed by atoms with Gasteiger partial charge in [0.05, 0.1) is 18.9 Å². The third-order valence-electron chi connectivity index (χ3n) is 4.64. The number of nitrogens with zero attached hydrogens (tertiary/aromatic N) is 3. The number of nitrogens with one attached hydrogen (secondary N) is 1. The zero-order chi connectivity index (χ0) is 20.8. The highest BCUT2D eigenvalue weighted by molar-refractivity contribution is 7.99. The summed E-state index contributed by atoms with van der Waals surface area (Å²) in [7, 11) is 1.67. The van der Waals surface area contributed by atoms with Crippen LogP contribution in [-0.2, 0) is 16.1 Å². The van der Waals surface area contributed by atoms with Crippen LogP contribution in [-0.4, -0.2) is 40.1 Å². The molecule has 0 atom stereocenters. The van der Waals surface area contributed by atoms with Gasteiger partial charge in [0.25, 0.3) is 0 Å². The van der Waals surface area contributed by atoms with Gasteiger partial charge in [-0.25, -0.2) is 0 Å². The fraction of sp³-hybridized carbons (Fsp3) is 0.318. The molecular weight excluding hydrogens is 384 g/mol. The number of aromatic nitrogens is 3. The number of methoxy groups -OCH3 is 1. The van der Waals surface area contributed by atoms with Gasteiger partial charge in [0.1, 0.15) is 0 Å². The van der Waals surface area contributed by atoms with Gasteiger partial charge < -0.3 is 10.1 Å². The van der Waals surface area contributed by atoms with E-state index in [-0.39, 0.29) is 11.7 Å². The second kappa shape index (κ2) is 9.71. The maximum Gasteiger partial charge on any atom is 0.234 e. The van der Waals surface area contributed by atoms with Gasteiger partial charge in [-0.2, -0.15) is 0 Å². The van der Waals surface area contributed by atoms with E-state index in [4.69, 9.17) is 4.74 Å². The van der Waals surface area contributed by atoms with Gasteiger partial charge in [0, 0.05) is 18.4 Å². The average molecular weight is 411 g/mol. The second-order valence-corrected chi connectivity index (χ2v) is 7.90. The van der Waals surface area contributed by atoms with E-state index in [9.17, 15) is 4.79 Å². The molecule has 0 aliphatic heterocycles. The Labute approximate surface area is 175 Å². The molecule has 0 aliphatic carbocycles. The normalized spacial score (nSPS) is 10.9. The standard InChI is InChI=1S/C22H26N4O2S/c1-15-6-5-7-18(12-15)21-24-25-22(26(21)10-11-28-4)29-14-20(27)23-19-9-8-16(2)17(3)13-19/h5-9,12-13H,10-11,14H2,1-4H3,(H,23,27). The first-order valence-corrected chi connectivity index (χ1v) is 10.5. The van der Waals surface area contributed by atoms with Gasteiger partial charge >= 0.3 is 0 Å². The quantitative estimate of drug-likeness (QED) is 0.562. The smallest absolute Gasteiger partial charge is 0.234 e. The molecule has 29 heavy (non-hydrogen) atoms. The van der Waals surface area contributed by atoms with Gasteiger partial charge in [0.2, 0.25) is 5.91 Å². The van der Waals surface area contributed by atoms with Crippen LogP contribution in [0.4, 0.5) is 5.69 Å². The molecule has 3 rings (SSSR count). The largest absolute Gasteiger partial charge is 0.383 e. The number of hydrogen-bond donors (Lipinski definition) is 1. The van der Waals surface area contributed by atoms with Gasteiger partial charge in [-0.05, 0) is 50.1 Å². The number of hydrogen-bond acceptors (Lipinski definition) is 5. The minimum Gasteiger partial charge on any atom is -0.383 e. The van der Waals surface area contributed by atoms with Crippen molar-refractivity contribution < 1.29 is 9.53 Å². The molecule has 6 nitrogen and oxygen atoms in total. The van der Waals surface area contributed by atoms with Gasteiger partial charge in [-0.1, -0.05) is 41.6 Å². The molecule has 1 aromatic heterocycles. The first-order chi connectivity index (χ1) is 14.0. The molecule has 1 N–H and O–H groups in total. The summed E-state index contributed by atoms with van der Waals surface area (Å²) in [6.07, 6.45) is 0. The van der Waals surface area contributed by atoms with Gasteiger partial charge in [-0.15, -0.1) is 10.2 Å². The molecule has 0 saturated carbocycles. The molecular formula is C22H26N4O2S. The molecule has 0 radical (unpaired) electrons. The Morgan fingerprint density at radius 1 is 1.10 bits per heavy atom. The van der Waals surface area contributed by atoms with E-state index in [1.165, 1.54) is 17.3 Å². The van der Waals surface area contributed by atoms with E-state index in [0.29, 0.717) is 18.3 Å². The average Bonchev–Trinajstić information content (AvgIpc) is 3.10. The predicted octanol–water partition coefficient (Wildman–Crippen LogP) is 4.25. The number of anilines is 1. The van der Waals surface area contributed by atoms with Crippen molar-refractivity contribution in [3.8, 4) is 11.4 Å². The van der Waals surface area contributed by atoms with E-state index in [1.54, 1.807) is 7.11 Å². The minimum atomic E-state index is -0.0725. The van der Waals surface area contributed by atoms with Crippen LogP contribution in [0.1, 0.15) is 16.7 Å². The second-order valence-electron chi connectivity index (χ2n) is 6.96. The van der Waals surface area contributed by atoms with Crippen LogP contribution in [0.15, 0.2) is 47.6 Å². The number of ether oxygens (including phenoxy) is 1. The molecule has 0 unspecified atom stereocenters. The molecule has 0 spiro atoms. The summed E-state index contributed by atoms with van der Waals surface area (Å²) in [5, 5.41) is 12.3. The molecule has 0 fully saturated rings. The molecule has 0 aliphatic rings. The summed E-state index contributed by atoms with van der Waals surface area (Å²) in [5.41, 5.74) is 5.32. The molecule has 152 valence electrons. The summed E-state index contributed by atoms with van der Waals surface area (Å²) in [6, 6.07) is 14.1. The Morgan fingerprint density at radius 3 is 2.66 bits per heavy atom. The summed E-state index contributed by atoms with van der Waals surface area (Å²) in [5.74, 6) is 0.964. The fourth-order valence-electron chi connectivity index (χ4n) is 2.92. The Hall–Kier alpha value is -2.64. The van der Waals surface area contributed by atoms with Crippen molar-refractivity contribution in [3.05, 3.63) is 59.2 Å². The van der Waals surface area contributed by atoms with Crippen LogP contribution >= 0.6 is 11.8 Å². The van der Waals surface area contributed by atoms with E-state index in [0.717, 1.165) is 28.2 Å². The van der Waals surface area contributed by atoms with Crippen molar-refractivity contribution in [2.75, 3.05) is 24.8 Å². The zero-order valence-corrected chi connectivity index (χ0v) is 18.0. The number of aryl methyl sites for hydroxylation is 3. The molecule has 1 heterocycles. The van der Waals surface area contributed by atoms with Crippen molar-refractivity contribution in [1.29, 1.82) is 0 Å². The summed E-state index contributed by atoms with van der Waals surface area (Å²) >= 11 is 1.37. The highest BCUT2D eigenvalue weighted by atomic mass is 32.2. The molecule has 7 heteroatoms. The van der Waals surface area contributed by atoms with Crippen molar-refractivity contribution >= 4 is 23.4 Å². The fourth-order valence-corrected chi connectivity index (χ4v) is 3.69. The number of carbonyl (C=O) groups is 1. The third kappa shape index (κ3) is 5.46. The molecule has 0 bridgehead atoms. The summed E-state index contributed by atoms with van der Waals surface area (Å²) < 4.78 is 7.25. The predicted molar refractivity (Wildman–Crippen MR) is 117 cm³/mol. The van der Waals surface area contributed by atoms with E-state index in [2.05, 4.69) is 28.5 Å². The number of amides is 1. The van der Waals surface area contributed by atoms with Crippen molar-refractivity contribution in [3.63, 3.8) is 0 Å². The van der Waals surface area contributed by atoms with Gasteiger partial charge in [-0.3, -0.25) is 9.36 Å².